The number of benzene rings is 8. The van der Waals surface area contributed by atoms with Crippen molar-refractivity contribution in [1.29, 1.82) is 0 Å². The van der Waals surface area contributed by atoms with E-state index in [1.54, 1.807) is 11.3 Å². The third-order valence-corrected chi connectivity index (χ3v) is 11.7. The lowest BCUT2D eigenvalue weighted by atomic mass is 9.98. The molecule has 0 spiro atoms. The van der Waals surface area contributed by atoms with Crippen molar-refractivity contribution in [2.45, 2.75) is 0 Å². The van der Waals surface area contributed by atoms with Crippen LogP contribution < -0.4 is 4.90 Å². The van der Waals surface area contributed by atoms with Gasteiger partial charge in [0.25, 0.3) is 0 Å². The zero-order chi connectivity index (χ0) is 32.3. The molecule has 0 aliphatic carbocycles. The molecule has 0 saturated carbocycles. The molecule has 0 fully saturated rings. The van der Waals surface area contributed by atoms with E-state index in [2.05, 4.69) is 175 Å². The first kappa shape index (κ1) is 28.2. The molecule has 0 atom stereocenters. The molecule has 0 bridgehead atoms. The second-order valence-electron chi connectivity index (χ2n) is 12.4. The molecule has 2 heterocycles. The molecule has 0 saturated heterocycles. The monoisotopic (exact) mass is 660 g/mol. The van der Waals surface area contributed by atoms with Crippen LogP contribution in [0, 0.1) is 0 Å². The highest BCUT2D eigenvalue weighted by atomic mass is 32.1. The minimum atomic E-state index is 1.03. The van der Waals surface area contributed by atoms with E-state index in [4.69, 9.17) is 4.98 Å². The van der Waals surface area contributed by atoms with Crippen molar-refractivity contribution in [3.05, 3.63) is 170 Å². The number of rotatable bonds is 5. The fourth-order valence-corrected chi connectivity index (χ4v) is 9.29. The van der Waals surface area contributed by atoms with Gasteiger partial charge in [0.1, 0.15) is 5.01 Å². The Balaban J connectivity index is 1.31. The van der Waals surface area contributed by atoms with Crippen LogP contribution in [0.25, 0.3) is 73.6 Å². The number of hydrogen-bond donors (Lipinski definition) is 0. The molecule has 0 unspecified atom stereocenters. The molecular weight excluding hydrogens is 633 g/mol. The molecule has 0 amide bonds. The Labute approximate surface area is 291 Å². The Hall–Kier alpha value is -5.81. The molecule has 230 valence electrons. The zero-order valence-corrected chi connectivity index (χ0v) is 28.0. The van der Waals surface area contributed by atoms with Gasteiger partial charge in [-0.3, -0.25) is 0 Å². The van der Waals surface area contributed by atoms with Gasteiger partial charge in [0, 0.05) is 47.9 Å². The van der Waals surface area contributed by atoms with Gasteiger partial charge in [-0.2, -0.15) is 0 Å². The molecule has 8 aromatic carbocycles. The smallest absolute Gasteiger partial charge is 0.124 e. The van der Waals surface area contributed by atoms with Gasteiger partial charge in [0.15, 0.2) is 0 Å². The van der Waals surface area contributed by atoms with Crippen LogP contribution in [0.5, 0.6) is 0 Å². The maximum atomic E-state index is 5.29. The number of thiazole rings is 1. The highest BCUT2D eigenvalue weighted by Crippen LogP contribution is 2.48. The van der Waals surface area contributed by atoms with Crippen LogP contribution in [0.15, 0.2) is 170 Å². The van der Waals surface area contributed by atoms with Gasteiger partial charge in [-0.1, -0.05) is 127 Å². The summed E-state index contributed by atoms with van der Waals surface area (Å²) in [5.41, 5.74) is 7.96. The highest BCUT2D eigenvalue weighted by Gasteiger charge is 2.22. The highest BCUT2D eigenvalue weighted by molar-refractivity contribution is 7.25. The van der Waals surface area contributed by atoms with Gasteiger partial charge >= 0.3 is 0 Å². The van der Waals surface area contributed by atoms with Crippen LogP contribution in [0.3, 0.4) is 0 Å². The second kappa shape index (κ2) is 11.4. The maximum absolute atomic E-state index is 5.29. The Morgan fingerprint density at radius 3 is 1.96 bits per heavy atom. The topological polar surface area (TPSA) is 16.1 Å². The molecule has 10 aromatic rings. The fourth-order valence-electron chi connectivity index (χ4n) is 7.18. The first-order chi connectivity index (χ1) is 24.3. The third kappa shape index (κ3) is 4.72. The maximum Gasteiger partial charge on any atom is 0.124 e. The number of hydrogen-bond acceptors (Lipinski definition) is 4. The summed E-state index contributed by atoms with van der Waals surface area (Å²) in [5, 5.41) is 8.41. The molecule has 0 radical (unpaired) electrons. The molecule has 2 aromatic heterocycles. The van der Waals surface area contributed by atoms with Crippen LogP contribution in [0.1, 0.15) is 0 Å². The van der Waals surface area contributed by atoms with Crippen LogP contribution in [-0.4, -0.2) is 4.98 Å². The number of fused-ring (bicyclic) bond motifs is 8. The number of aromatic nitrogens is 1. The van der Waals surface area contributed by atoms with Crippen LogP contribution in [-0.2, 0) is 0 Å². The molecule has 0 N–H and O–H groups in total. The standard InChI is InChI=1S/C45H28N2S2/c1-3-12-29(13-4-1)32-17-11-18-33(26-32)47(34-23-25-41-38(27-34)36-20-9-10-21-40(36)48-41)39-28-42-44(46-45(49-42)31-15-5-2-6-16-31)37-24-22-30-14-7-8-19-35(30)43(37)39/h1-28H. The van der Waals surface area contributed by atoms with E-state index in [-0.39, 0.29) is 0 Å². The van der Waals surface area contributed by atoms with Crippen LogP contribution >= 0.6 is 22.7 Å². The van der Waals surface area contributed by atoms with Crippen molar-refractivity contribution in [2.75, 3.05) is 4.90 Å². The molecule has 49 heavy (non-hydrogen) atoms. The second-order valence-corrected chi connectivity index (χ2v) is 14.5. The molecule has 2 nitrogen and oxygen atoms in total. The minimum absolute atomic E-state index is 1.03. The summed E-state index contributed by atoms with van der Waals surface area (Å²) < 4.78 is 3.77. The lowest BCUT2D eigenvalue weighted by molar-refractivity contribution is 1.31. The molecule has 4 heteroatoms. The SMILES string of the molecule is c1ccc(-c2cccc(N(c3ccc4sc5ccccc5c4c3)c3cc4sc(-c5ccccc5)nc4c4ccc5ccccc5c34)c2)cc1. The number of anilines is 3. The largest absolute Gasteiger partial charge is 0.310 e. The third-order valence-electron chi connectivity index (χ3n) is 9.45. The average molecular weight is 661 g/mol. The summed E-state index contributed by atoms with van der Waals surface area (Å²) in [6.07, 6.45) is 0. The Kier molecular flexibility index (Phi) is 6.57. The number of thiophene rings is 1. The lowest BCUT2D eigenvalue weighted by Crippen LogP contribution is -2.11. The normalized spacial score (nSPS) is 11.7. The summed E-state index contributed by atoms with van der Waals surface area (Å²) in [7, 11) is 0. The van der Waals surface area contributed by atoms with Crippen molar-refractivity contribution in [2.24, 2.45) is 0 Å². The molecule has 0 aliphatic rings. The van der Waals surface area contributed by atoms with Gasteiger partial charge in [-0.05, 0) is 64.4 Å². The molecule has 10 rings (SSSR count). The molecule has 0 aliphatic heterocycles. The van der Waals surface area contributed by atoms with Crippen molar-refractivity contribution >= 4 is 91.7 Å². The number of nitrogens with zero attached hydrogens (tertiary/aromatic N) is 2. The quantitative estimate of drug-likeness (QED) is 0.171. The van der Waals surface area contributed by atoms with E-state index in [1.807, 2.05) is 11.3 Å². The van der Waals surface area contributed by atoms with Crippen molar-refractivity contribution in [3.63, 3.8) is 0 Å². The van der Waals surface area contributed by atoms with Crippen molar-refractivity contribution < 1.29 is 0 Å². The van der Waals surface area contributed by atoms with Gasteiger partial charge in [-0.15, -0.1) is 22.7 Å². The summed E-state index contributed by atoms with van der Waals surface area (Å²) in [4.78, 5) is 7.75. The van der Waals surface area contributed by atoms with Gasteiger partial charge in [0.2, 0.25) is 0 Å². The first-order valence-corrected chi connectivity index (χ1v) is 18.1. The van der Waals surface area contributed by atoms with E-state index in [0.717, 1.165) is 38.5 Å². The van der Waals surface area contributed by atoms with E-state index >= 15 is 0 Å². The predicted octanol–water partition coefficient (Wildman–Crippen LogP) is 13.8. The Morgan fingerprint density at radius 1 is 0.408 bits per heavy atom. The van der Waals surface area contributed by atoms with Crippen molar-refractivity contribution in [3.8, 4) is 21.7 Å². The summed E-state index contributed by atoms with van der Waals surface area (Å²) in [6.45, 7) is 0. The van der Waals surface area contributed by atoms with Gasteiger partial charge in [0.05, 0.1) is 15.9 Å². The predicted molar refractivity (Wildman–Crippen MR) is 213 cm³/mol. The fraction of sp³-hybridized carbons (Fsp3) is 0. The average Bonchev–Trinajstić information content (AvgIpc) is 3.77. The summed E-state index contributed by atoms with van der Waals surface area (Å²) in [5.74, 6) is 0. The summed E-state index contributed by atoms with van der Waals surface area (Å²) in [6, 6.07) is 61.5. The summed E-state index contributed by atoms with van der Waals surface area (Å²) >= 11 is 3.62. The van der Waals surface area contributed by atoms with Gasteiger partial charge < -0.3 is 4.90 Å². The Bertz CT molecular complexity index is 2830. The van der Waals surface area contributed by atoms with Crippen LogP contribution in [0.4, 0.5) is 17.1 Å². The van der Waals surface area contributed by atoms with E-state index in [9.17, 15) is 0 Å². The van der Waals surface area contributed by atoms with Crippen LogP contribution in [0.2, 0.25) is 0 Å². The lowest BCUT2D eigenvalue weighted by Gasteiger charge is -2.28. The Morgan fingerprint density at radius 2 is 1.10 bits per heavy atom. The first-order valence-electron chi connectivity index (χ1n) is 16.5. The van der Waals surface area contributed by atoms with E-state index in [0.29, 0.717) is 0 Å². The minimum Gasteiger partial charge on any atom is -0.310 e. The van der Waals surface area contributed by atoms with Gasteiger partial charge in [-0.25, -0.2) is 4.98 Å². The van der Waals surface area contributed by atoms with E-state index < -0.39 is 0 Å². The molecular formula is C45H28N2S2. The van der Waals surface area contributed by atoms with E-state index in [1.165, 1.54) is 52.2 Å². The van der Waals surface area contributed by atoms with Crippen molar-refractivity contribution in [1.82, 2.24) is 4.98 Å². The zero-order valence-electron chi connectivity index (χ0n) is 26.4.